The van der Waals surface area contributed by atoms with Crippen LogP contribution in [-0.2, 0) is 0 Å². The van der Waals surface area contributed by atoms with Gasteiger partial charge in [0, 0.05) is 42.8 Å². The average molecular weight is 289 g/mol. The van der Waals surface area contributed by atoms with Crippen LogP contribution in [0.1, 0.15) is 0 Å². The maximum Gasteiger partial charge on any atom is 0.0709 e. The number of anilines is 1. The Hall–Kier alpha value is -2.39. The molecule has 0 spiro atoms. The molecule has 1 N–H and O–H groups in total. The number of piperazine rings is 1. The lowest BCUT2D eigenvalue weighted by atomic mass is 10.1. The van der Waals surface area contributed by atoms with Crippen LogP contribution >= 0.6 is 0 Å². The summed E-state index contributed by atoms with van der Waals surface area (Å²) in [6.07, 6.45) is 0. The molecule has 1 aliphatic heterocycles. The van der Waals surface area contributed by atoms with Crippen LogP contribution < -0.4 is 10.2 Å². The van der Waals surface area contributed by atoms with E-state index in [4.69, 9.17) is 4.98 Å². The van der Waals surface area contributed by atoms with E-state index in [2.05, 4.69) is 58.7 Å². The van der Waals surface area contributed by atoms with Crippen molar-refractivity contribution >= 4 is 16.6 Å². The molecule has 0 aliphatic carbocycles. The van der Waals surface area contributed by atoms with E-state index in [1.165, 1.54) is 16.6 Å². The summed E-state index contributed by atoms with van der Waals surface area (Å²) in [5, 5.41) is 4.57. The standard InChI is InChI=1S/C19H19N3/c1-2-4-18-15(3-1)7-10-19(21-18)16-5-8-17(9-6-16)22-13-11-20-12-14-22/h1-10,20H,11-14H2. The minimum atomic E-state index is 1.03. The van der Waals surface area contributed by atoms with Gasteiger partial charge in [0.05, 0.1) is 11.2 Å². The highest BCUT2D eigenvalue weighted by Gasteiger charge is 2.10. The van der Waals surface area contributed by atoms with Gasteiger partial charge in [-0.1, -0.05) is 36.4 Å². The van der Waals surface area contributed by atoms with E-state index >= 15 is 0 Å². The average Bonchev–Trinajstić information content (AvgIpc) is 2.62. The molecule has 0 unspecified atom stereocenters. The first-order valence-corrected chi connectivity index (χ1v) is 7.82. The summed E-state index contributed by atoms with van der Waals surface area (Å²) in [5.41, 5.74) is 4.55. The summed E-state index contributed by atoms with van der Waals surface area (Å²) >= 11 is 0. The second-order valence-corrected chi connectivity index (χ2v) is 5.67. The van der Waals surface area contributed by atoms with E-state index in [1.54, 1.807) is 0 Å². The number of aromatic nitrogens is 1. The van der Waals surface area contributed by atoms with E-state index in [0.29, 0.717) is 0 Å². The van der Waals surface area contributed by atoms with Crippen LogP contribution in [-0.4, -0.2) is 31.2 Å². The van der Waals surface area contributed by atoms with Crippen molar-refractivity contribution in [3.8, 4) is 11.3 Å². The van der Waals surface area contributed by atoms with E-state index in [1.807, 2.05) is 12.1 Å². The predicted molar refractivity (Wildman–Crippen MR) is 92.3 cm³/mol. The van der Waals surface area contributed by atoms with Crippen LogP contribution in [0, 0.1) is 0 Å². The molecule has 3 heteroatoms. The molecule has 2 heterocycles. The van der Waals surface area contributed by atoms with Crippen LogP contribution in [0.5, 0.6) is 0 Å². The summed E-state index contributed by atoms with van der Waals surface area (Å²) in [6.45, 7) is 4.28. The Labute approximate surface area is 130 Å². The van der Waals surface area contributed by atoms with Gasteiger partial charge in [0.25, 0.3) is 0 Å². The number of para-hydroxylation sites is 1. The van der Waals surface area contributed by atoms with Gasteiger partial charge in [-0.05, 0) is 24.3 Å². The third kappa shape index (κ3) is 2.55. The molecule has 2 aromatic carbocycles. The SMILES string of the molecule is c1ccc2nc(-c3ccc(N4CCNCC4)cc3)ccc2c1. The molecule has 1 saturated heterocycles. The smallest absolute Gasteiger partial charge is 0.0709 e. The van der Waals surface area contributed by atoms with E-state index in [0.717, 1.165) is 37.4 Å². The number of nitrogens with zero attached hydrogens (tertiary/aromatic N) is 2. The quantitative estimate of drug-likeness (QED) is 0.784. The first kappa shape index (κ1) is 13.3. The fourth-order valence-corrected chi connectivity index (χ4v) is 2.99. The Morgan fingerprint density at radius 2 is 1.59 bits per heavy atom. The van der Waals surface area contributed by atoms with Crippen molar-refractivity contribution in [2.24, 2.45) is 0 Å². The Kier molecular flexibility index (Phi) is 3.49. The maximum absolute atomic E-state index is 4.76. The monoisotopic (exact) mass is 289 g/mol. The second-order valence-electron chi connectivity index (χ2n) is 5.67. The Morgan fingerprint density at radius 3 is 2.41 bits per heavy atom. The van der Waals surface area contributed by atoms with Crippen LogP contribution in [0.4, 0.5) is 5.69 Å². The zero-order valence-electron chi connectivity index (χ0n) is 12.5. The Bertz CT molecular complexity index is 774. The molecular weight excluding hydrogens is 270 g/mol. The Balaban J connectivity index is 1.63. The van der Waals surface area contributed by atoms with Crippen LogP contribution in [0.25, 0.3) is 22.2 Å². The number of hydrogen-bond acceptors (Lipinski definition) is 3. The fourth-order valence-electron chi connectivity index (χ4n) is 2.99. The van der Waals surface area contributed by atoms with Gasteiger partial charge in [0.15, 0.2) is 0 Å². The third-order valence-corrected chi connectivity index (χ3v) is 4.24. The fraction of sp³-hybridized carbons (Fsp3) is 0.211. The predicted octanol–water partition coefficient (Wildman–Crippen LogP) is 3.31. The normalized spacial score (nSPS) is 15.2. The second kappa shape index (κ2) is 5.78. The molecule has 3 aromatic rings. The lowest BCUT2D eigenvalue weighted by Gasteiger charge is -2.29. The minimum absolute atomic E-state index is 1.03. The van der Waals surface area contributed by atoms with Gasteiger partial charge in [-0.2, -0.15) is 0 Å². The van der Waals surface area contributed by atoms with Crippen molar-refractivity contribution in [1.29, 1.82) is 0 Å². The Morgan fingerprint density at radius 1 is 0.818 bits per heavy atom. The van der Waals surface area contributed by atoms with E-state index in [-0.39, 0.29) is 0 Å². The van der Waals surface area contributed by atoms with Gasteiger partial charge in [-0.25, -0.2) is 4.98 Å². The number of pyridine rings is 1. The highest BCUT2D eigenvalue weighted by molar-refractivity contribution is 5.81. The molecular formula is C19H19N3. The molecule has 1 aliphatic rings. The molecule has 0 amide bonds. The zero-order valence-corrected chi connectivity index (χ0v) is 12.5. The lowest BCUT2D eigenvalue weighted by Crippen LogP contribution is -2.43. The lowest BCUT2D eigenvalue weighted by molar-refractivity contribution is 0.589. The van der Waals surface area contributed by atoms with E-state index < -0.39 is 0 Å². The number of fused-ring (bicyclic) bond motifs is 1. The molecule has 0 saturated carbocycles. The van der Waals surface area contributed by atoms with Gasteiger partial charge in [0.2, 0.25) is 0 Å². The summed E-state index contributed by atoms with van der Waals surface area (Å²) in [4.78, 5) is 7.19. The van der Waals surface area contributed by atoms with Gasteiger partial charge in [0.1, 0.15) is 0 Å². The molecule has 4 rings (SSSR count). The number of hydrogen-bond donors (Lipinski definition) is 1. The number of nitrogens with one attached hydrogen (secondary N) is 1. The molecule has 0 bridgehead atoms. The molecule has 1 aromatic heterocycles. The topological polar surface area (TPSA) is 28.2 Å². The van der Waals surface area contributed by atoms with Gasteiger partial charge in [-0.15, -0.1) is 0 Å². The molecule has 110 valence electrons. The number of benzene rings is 2. The summed E-state index contributed by atoms with van der Waals surface area (Å²) < 4.78 is 0. The van der Waals surface area contributed by atoms with Gasteiger partial charge < -0.3 is 10.2 Å². The van der Waals surface area contributed by atoms with Crippen LogP contribution in [0.15, 0.2) is 60.7 Å². The van der Waals surface area contributed by atoms with Crippen molar-refractivity contribution in [3.05, 3.63) is 60.7 Å². The molecule has 1 fully saturated rings. The summed E-state index contributed by atoms with van der Waals surface area (Å²) in [5.74, 6) is 0. The zero-order chi connectivity index (χ0) is 14.8. The third-order valence-electron chi connectivity index (χ3n) is 4.24. The molecule has 22 heavy (non-hydrogen) atoms. The van der Waals surface area contributed by atoms with Crippen molar-refractivity contribution in [2.75, 3.05) is 31.1 Å². The summed E-state index contributed by atoms with van der Waals surface area (Å²) in [6, 6.07) is 21.2. The number of rotatable bonds is 2. The first-order valence-electron chi connectivity index (χ1n) is 7.82. The largest absolute Gasteiger partial charge is 0.369 e. The highest BCUT2D eigenvalue weighted by Crippen LogP contribution is 2.24. The van der Waals surface area contributed by atoms with E-state index in [9.17, 15) is 0 Å². The molecule has 0 atom stereocenters. The molecule has 0 radical (unpaired) electrons. The molecule has 3 nitrogen and oxygen atoms in total. The summed E-state index contributed by atoms with van der Waals surface area (Å²) in [7, 11) is 0. The highest BCUT2D eigenvalue weighted by atomic mass is 15.2. The maximum atomic E-state index is 4.76. The van der Waals surface area contributed by atoms with Crippen molar-refractivity contribution in [1.82, 2.24) is 10.3 Å². The van der Waals surface area contributed by atoms with Gasteiger partial charge >= 0.3 is 0 Å². The van der Waals surface area contributed by atoms with Gasteiger partial charge in [-0.3, -0.25) is 0 Å². The van der Waals surface area contributed by atoms with Crippen molar-refractivity contribution < 1.29 is 0 Å². The van der Waals surface area contributed by atoms with Crippen molar-refractivity contribution in [3.63, 3.8) is 0 Å². The first-order chi connectivity index (χ1) is 10.9. The van der Waals surface area contributed by atoms with Crippen LogP contribution in [0.3, 0.4) is 0 Å². The van der Waals surface area contributed by atoms with Crippen LogP contribution in [0.2, 0.25) is 0 Å². The van der Waals surface area contributed by atoms with Crippen molar-refractivity contribution in [2.45, 2.75) is 0 Å². The minimum Gasteiger partial charge on any atom is -0.369 e.